The monoisotopic (exact) mass is 437 g/mol. The Kier molecular flexibility index (Phi) is 6.99. The number of hydrogen-bond acceptors (Lipinski definition) is 5. The predicted molar refractivity (Wildman–Crippen MR) is 113 cm³/mol. The number of aryl methyl sites for hydroxylation is 1. The van der Waals surface area contributed by atoms with Gasteiger partial charge in [-0.2, -0.15) is 18.3 Å². The molecule has 1 aromatic heterocycles. The van der Waals surface area contributed by atoms with Gasteiger partial charge in [0.1, 0.15) is 5.69 Å². The fraction of sp³-hybridized carbons (Fsp3) is 0.476. The number of likely N-dealkylation sites (N-methyl/N-ethyl adjacent to an activating group) is 1. The number of anilines is 2. The standard InChI is InChI=1S/C21H26F3N5O2/c1-3-4-9-29-19(30)8-7-18(26-29)20(31)25-17-6-5-15(14-16(17)21(22,23)24)28-12-10-27(2)11-13-28/h5-8,14H,3-4,9-13H2,1-2H3,(H,25,31). The zero-order valence-corrected chi connectivity index (χ0v) is 17.6. The van der Waals surface area contributed by atoms with Crippen molar-refractivity contribution < 1.29 is 18.0 Å². The molecule has 1 aromatic carbocycles. The van der Waals surface area contributed by atoms with Gasteiger partial charge in [-0.05, 0) is 37.7 Å². The van der Waals surface area contributed by atoms with Crippen molar-refractivity contribution in [2.45, 2.75) is 32.5 Å². The average Bonchev–Trinajstić information content (AvgIpc) is 2.73. The highest BCUT2D eigenvalue weighted by Gasteiger charge is 2.35. The van der Waals surface area contributed by atoms with Crippen LogP contribution >= 0.6 is 0 Å². The molecule has 2 aromatic rings. The number of piperazine rings is 1. The van der Waals surface area contributed by atoms with E-state index in [9.17, 15) is 22.8 Å². The molecule has 1 amide bonds. The number of nitrogens with one attached hydrogen (secondary N) is 1. The Bertz CT molecular complexity index is 982. The van der Waals surface area contributed by atoms with Crippen LogP contribution in [0.5, 0.6) is 0 Å². The van der Waals surface area contributed by atoms with Crippen LogP contribution in [0.2, 0.25) is 0 Å². The van der Waals surface area contributed by atoms with Gasteiger partial charge in [0.2, 0.25) is 0 Å². The number of nitrogens with zero attached hydrogens (tertiary/aromatic N) is 4. The van der Waals surface area contributed by atoms with Crippen LogP contribution in [0.25, 0.3) is 0 Å². The summed E-state index contributed by atoms with van der Waals surface area (Å²) < 4.78 is 42.3. The molecule has 0 radical (unpaired) electrons. The summed E-state index contributed by atoms with van der Waals surface area (Å²) in [5.74, 6) is -0.803. The van der Waals surface area contributed by atoms with Gasteiger partial charge in [-0.1, -0.05) is 13.3 Å². The maximum atomic E-state index is 13.7. The van der Waals surface area contributed by atoms with Crippen molar-refractivity contribution in [2.75, 3.05) is 43.4 Å². The molecule has 168 valence electrons. The van der Waals surface area contributed by atoms with Crippen molar-refractivity contribution in [3.05, 3.63) is 51.9 Å². The molecule has 31 heavy (non-hydrogen) atoms. The lowest BCUT2D eigenvalue weighted by Crippen LogP contribution is -2.44. The molecule has 7 nitrogen and oxygen atoms in total. The number of benzene rings is 1. The molecule has 1 saturated heterocycles. The first kappa shape index (κ1) is 22.8. The summed E-state index contributed by atoms with van der Waals surface area (Å²) in [6.07, 6.45) is -3.11. The number of alkyl halides is 3. The van der Waals surface area contributed by atoms with Gasteiger partial charge in [0.15, 0.2) is 0 Å². The van der Waals surface area contributed by atoms with Gasteiger partial charge in [0.05, 0.1) is 11.3 Å². The summed E-state index contributed by atoms with van der Waals surface area (Å²) >= 11 is 0. The van der Waals surface area contributed by atoms with E-state index in [0.717, 1.165) is 30.3 Å². The van der Waals surface area contributed by atoms with Gasteiger partial charge in [-0.3, -0.25) is 9.59 Å². The smallest absolute Gasteiger partial charge is 0.369 e. The highest BCUT2D eigenvalue weighted by atomic mass is 19.4. The van der Waals surface area contributed by atoms with Crippen LogP contribution in [0.1, 0.15) is 35.8 Å². The number of hydrogen-bond donors (Lipinski definition) is 1. The third kappa shape index (κ3) is 5.63. The Balaban J connectivity index is 1.85. The van der Waals surface area contributed by atoms with E-state index in [1.807, 2.05) is 18.9 Å². The third-order valence-corrected chi connectivity index (χ3v) is 5.25. The van der Waals surface area contributed by atoms with Crippen molar-refractivity contribution in [1.29, 1.82) is 0 Å². The molecule has 2 heterocycles. The van der Waals surface area contributed by atoms with E-state index in [1.54, 1.807) is 6.07 Å². The largest absolute Gasteiger partial charge is 0.418 e. The van der Waals surface area contributed by atoms with Gasteiger partial charge in [0.25, 0.3) is 11.5 Å². The molecule has 0 saturated carbocycles. The Hall–Kier alpha value is -2.88. The molecule has 0 atom stereocenters. The first-order valence-corrected chi connectivity index (χ1v) is 10.2. The molecule has 3 rings (SSSR count). The number of carbonyl (C=O) groups is 1. The SMILES string of the molecule is CCCCn1nc(C(=O)Nc2ccc(N3CCN(C)CC3)cc2C(F)(F)F)ccc1=O. The lowest BCUT2D eigenvalue weighted by Gasteiger charge is -2.34. The number of halogens is 3. The van der Waals surface area contributed by atoms with Crippen molar-refractivity contribution >= 4 is 17.3 Å². The van der Waals surface area contributed by atoms with Crippen molar-refractivity contribution in [2.24, 2.45) is 0 Å². The van der Waals surface area contributed by atoms with Gasteiger partial charge in [-0.15, -0.1) is 0 Å². The Morgan fingerprint density at radius 2 is 1.84 bits per heavy atom. The predicted octanol–water partition coefficient (Wildman–Crippen LogP) is 3.07. The van der Waals surface area contributed by atoms with Crippen molar-refractivity contribution in [3.8, 4) is 0 Å². The lowest BCUT2D eigenvalue weighted by molar-refractivity contribution is -0.136. The summed E-state index contributed by atoms with van der Waals surface area (Å²) in [6, 6.07) is 6.31. The van der Waals surface area contributed by atoms with E-state index in [0.29, 0.717) is 31.7 Å². The Labute approximate surface area is 178 Å². The number of rotatable bonds is 6. The molecular formula is C21H26F3N5O2. The van der Waals surface area contributed by atoms with E-state index in [2.05, 4.69) is 15.3 Å². The minimum Gasteiger partial charge on any atom is -0.369 e. The molecule has 1 N–H and O–H groups in total. The van der Waals surface area contributed by atoms with E-state index in [-0.39, 0.29) is 16.9 Å². The van der Waals surface area contributed by atoms with Gasteiger partial charge in [0, 0.05) is 44.5 Å². The first-order valence-electron chi connectivity index (χ1n) is 10.2. The maximum Gasteiger partial charge on any atom is 0.418 e. The first-order chi connectivity index (χ1) is 14.7. The summed E-state index contributed by atoms with van der Waals surface area (Å²) in [4.78, 5) is 28.5. The van der Waals surface area contributed by atoms with Crippen LogP contribution in [0, 0.1) is 0 Å². The molecule has 1 aliphatic heterocycles. The summed E-state index contributed by atoms with van der Waals surface area (Å²) in [7, 11) is 1.97. The van der Waals surface area contributed by atoms with Crippen LogP contribution < -0.4 is 15.8 Å². The van der Waals surface area contributed by atoms with Crippen LogP contribution in [0.15, 0.2) is 35.1 Å². The van der Waals surface area contributed by atoms with Gasteiger partial charge < -0.3 is 15.1 Å². The van der Waals surface area contributed by atoms with Crippen molar-refractivity contribution in [1.82, 2.24) is 14.7 Å². The second-order valence-electron chi connectivity index (χ2n) is 7.61. The third-order valence-electron chi connectivity index (χ3n) is 5.25. The molecule has 0 unspecified atom stereocenters. The summed E-state index contributed by atoms with van der Waals surface area (Å²) in [5.41, 5.74) is -1.28. The molecule has 0 aliphatic carbocycles. The zero-order chi connectivity index (χ0) is 22.6. The van der Waals surface area contributed by atoms with Crippen LogP contribution in [-0.4, -0.2) is 53.8 Å². The number of amides is 1. The molecule has 10 heteroatoms. The van der Waals surface area contributed by atoms with Gasteiger partial charge in [-0.25, -0.2) is 4.68 Å². The molecule has 0 bridgehead atoms. The number of unbranched alkanes of at least 4 members (excludes halogenated alkanes) is 1. The summed E-state index contributed by atoms with van der Waals surface area (Å²) in [6.45, 7) is 5.07. The van der Waals surface area contributed by atoms with Crippen molar-refractivity contribution in [3.63, 3.8) is 0 Å². The van der Waals surface area contributed by atoms with Crippen LogP contribution in [0.3, 0.4) is 0 Å². The number of carbonyl (C=O) groups excluding carboxylic acids is 1. The molecule has 1 fully saturated rings. The average molecular weight is 437 g/mol. The van der Waals surface area contributed by atoms with E-state index < -0.39 is 17.6 Å². The molecular weight excluding hydrogens is 411 g/mol. The van der Waals surface area contributed by atoms with Gasteiger partial charge >= 0.3 is 6.18 Å². The zero-order valence-electron chi connectivity index (χ0n) is 17.6. The molecule has 1 aliphatic rings. The fourth-order valence-corrected chi connectivity index (χ4v) is 3.36. The minimum absolute atomic E-state index is 0.119. The lowest BCUT2D eigenvalue weighted by atomic mass is 10.1. The Morgan fingerprint density at radius 3 is 2.48 bits per heavy atom. The highest BCUT2D eigenvalue weighted by molar-refractivity contribution is 6.03. The van der Waals surface area contributed by atoms with Crippen LogP contribution in [0.4, 0.5) is 24.5 Å². The summed E-state index contributed by atoms with van der Waals surface area (Å²) in [5, 5.41) is 6.30. The highest BCUT2D eigenvalue weighted by Crippen LogP contribution is 2.37. The maximum absolute atomic E-state index is 13.7. The van der Waals surface area contributed by atoms with Crippen LogP contribution in [-0.2, 0) is 12.7 Å². The quantitative estimate of drug-likeness (QED) is 0.752. The normalized spacial score (nSPS) is 15.2. The second kappa shape index (κ2) is 9.51. The van der Waals surface area contributed by atoms with E-state index in [4.69, 9.17) is 0 Å². The minimum atomic E-state index is -4.64. The van der Waals surface area contributed by atoms with E-state index >= 15 is 0 Å². The molecule has 0 spiro atoms. The topological polar surface area (TPSA) is 70.5 Å². The Morgan fingerprint density at radius 1 is 1.13 bits per heavy atom. The second-order valence-corrected chi connectivity index (χ2v) is 7.61. The fourth-order valence-electron chi connectivity index (χ4n) is 3.36. The van der Waals surface area contributed by atoms with E-state index in [1.165, 1.54) is 18.2 Å². The number of aromatic nitrogens is 2.